The predicted octanol–water partition coefficient (Wildman–Crippen LogP) is 3.44. The molecule has 28 heavy (non-hydrogen) atoms. The lowest BCUT2D eigenvalue weighted by Gasteiger charge is -2.35. The number of pyridine rings is 1. The van der Waals surface area contributed by atoms with E-state index in [2.05, 4.69) is 15.0 Å². The molecule has 2 aliphatic rings. The van der Waals surface area contributed by atoms with E-state index in [1.807, 2.05) is 41.6 Å². The summed E-state index contributed by atoms with van der Waals surface area (Å²) in [6, 6.07) is 7.24. The summed E-state index contributed by atoms with van der Waals surface area (Å²) in [6.45, 7) is 3.07. The average molecular weight is 379 g/mol. The summed E-state index contributed by atoms with van der Waals surface area (Å²) in [5.74, 6) is 1.29. The smallest absolute Gasteiger partial charge is 0.135 e. The van der Waals surface area contributed by atoms with Crippen molar-refractivity contribution >= 4 is 11.5 Å². The van der Waals surface area contributed by atoms with Crippen molar-refractivity contribution in [3.05, 3.63) is 65.0 Å². The van der Waals surface area contributed by atoms with Gasteiger partial charge in [0.1, 0.15) is 23.6 Å². The van der Waals surface area contributed by atoms with Crippen molar-refractivity contribution in [2.24, 2.45) is 12.0 Å². The summed E-state index contributed by atoms with van der Waals surface area (Å²) in [4.78, 5) is 15.2. The maximum Gasteiger partial charge on any atom is 0.135 e. The molecule has 1 saturated heterocycles. The summed E-state index contributed by atoms with van der Waals surface area (Å²) < 4.78 is 29.8. The van der Waals surface area contributed by atoms with Crippen LogP contribution in [0.2, 0.25) is 0 Å². The number of alkyl halides is 1. The van der Waals surface area contributed by atoms with Crippen LogP contribution in [0.3, 0.4) is 0 Å². The second-order valence-electron chi connectivity index (χ2n) is 7.31. The van der Waals surface area contributed by atoms with Crippen LogP contribution in [0.15, 0.2) is 41.7 Å². The minimum absolute atomic E-state index is 0.275. The highest BCUT2D eigenvalue weighted by Gasteiger charge is 2.28. The van der Waals surface area contributed by atoms with Crippen LogP contribution in [0.25, 0.3) is 11.3 Å². The molecule has 2 aliphatic heterocycles. The molecule has 5 nitrogen and oxygen atoms in total. The van der Waals surface area contributed by atoms with Gasteiger partial charge in [-0.1, -0.05) is 0 Å². The summed E-state index contributed by atoms with van der Waals surface area (Å²) in [5, 5.41) is 0. The molecule has 0 saturated carbocycles. The maximum absolute atomic E-state index is 14.8. The van der Waals surface area contributed by atoms with Crippen LogP contribution in [0.1, 0.15) is 22.5 Å². The largest absolute Gasteiger partial charge is 0.351 e. The van der Waals surface area contributed by atoms with Crippen molar-refractivity contribution in [2.75, 3.05) is 18.0 Å². The summed E-state index contributed by atoms with van der Waals surface area (Å²) in [6.07, 6.45) is 2.61. The first-order valence-corrected chi connectivity index (χ1v) is 9.22. The lowest BCUT2D eigenvalue weighted by Crippen LogP contribution is -2.48. The van der Waals surface area contributed by atoms with E-state index < -0.39 is 6.17 Å². The van der Waals surface area contributed by atoms with E-state index in [9.17, 15) is 8.78 Å². The fraction of sp³-hybridized carbons (Fsp3) is 0.286. The first kappa shape index (κ1) is 17.0. The van der Waals surface area contributed by atoms with Gasteiger partial charge in [0.2, 0.25) is 0 Å². The van der Waals surface area contributed by atoms with E-state index in [0.29, 0.717) is 25.2 Å². The zero-order valence-corrected chi connectivity index (χ0v) is 15.7. The van der Waals surface area contributed by atoms with Crippen LogP contribution >= 0.6 is 0 Å². The molecule has 0 N–H and O–H groups in total. The van der Waals surface area contributed by atoms with Crippen LogP contribution in [-0.4, -0.2) is 39.5 Å². The molecule has 0 aliphatic carbocycles. The monoisotopic (exact) mass is 379 g/mol. The number of aliphatic imine (C=N–C) groups is 1. The van der Waals surface area contributed by atoms with Gasteiger partial charge in [-0.3, -0.25) is 4.99 Å². The van der Waals surface area contributed by atoms with Crippen molar-refractivity contribution in [3.63, 3.8) is 0 Å². The summed E-state index contributed by atoms with van der Waals surface area (Å²) in [7, 11) is 1.87. The van der Waals surface area contributed by atoms with Gasteiger partial charge < -0.3 is 9.47 Å². The van der Waals surface area contributed by atoms with Gasteiger partial charge in [0.25, 0.3) is 0 Å². The molecule has 0 radical (unpaired) electrons. The fourth-order valence-corrected chi connectivity index (χ4v) is 3.76. The van der Waals surface area contributed by atoms with Gasteiger partial charge in [-0.05, 0) is 36.8 Å². The summed E-state index contributed by atoms with van der Waals surface area (Å²) in [5.41, 5.74) is 4.74. The molecule has 5 rings (SSSR count). The topological polar surface area (TPSA) is 46.3 Å². The third kappa shape index (κ3) is 2.61. The van der Waals surface area contributed by atoms with E-state index in [1.54, 1.807) is 18.5 Å². The second kappa shape index (κ2) is 6.22. The number of imidazole rings is 1. The first-order chi connectivity index (χ1) is 13.5. The molecule has 0 unspecified atom stereocenters. The molecule has 0 atom stereocenters. The highest BCUT2D eigenvalue weighted by Crippen LogP contribution is 2.32. The molecule has 1 fully saturated rings. The lowest BCUT2D eigenvalue weighted by atomic mass is 9.97. The van der Waals surface area contributed by atoms with E-state index in [4.69, 9.17) is 0 Å². The van der Waals surface area contributed by atoms with E-state index in [0.717, 1.165) is 39.7 Å². The average Bonchev–Trinajstić information content (AvgIpc) is 3.22. The Hall–Kier alpha value is -3.09. The molecule has 3 aromatic rings. The first-order valence-electron chi connectivity index (χ1n) is 9.22. The van der Waals surface area contributed by atoms with Gasteiger partial charge in [-0.25, -0.2) is 18.7 Å². The minimum Gasteiger partial charge on any atom is -0.351 e. The van der Waals surface area contributed by atoms with Gasteiger partial charge in [-0.15, -0.1) is 0 Å². The van der Waals surface area contributed by atoms with E-state index in [1.165, 1.54) is 0 Å². The standard InChI is InChI=1S/C21H19F2N5/c1-12-25-9-19(27(12)2)17-7-16-14(5-18(17)23)8-26-21(16)13-3-4-24-20(6-13)28-10-15(22)11-28/h3-7,9,15H,8,10-11H2,1-2H3. The number of fused-ring (bicyclic) bond motifs is 1. The van der Waals surface area contributed by atoms with Crippen LogP contribution in [0.4, 0.5) is 14.6 Å². The number of anilines is 1. The van der Waals surface area contributed by atoms with Crippen LogP contribution in [0, 0.1) is 12.7 Å². The molecule has 2 aromatic heterocycles. The molecule has 7 heteroatoms. The second-order valence-corrected chi connectivity index (χ2v) is 7.31. The molecule has 142 valence electrons. The maximum atomic E-state index is 14.8. The van der Waals surface area contributed by atoms with Crippen LogP contribution < -0.4 is 4.90 Å². The molecule has 0 amide bonds. The number of benzene rings is 1. The van der Waals surface area contributed by atoms with Crippen molar-refractivity contribution in [2.45, 2.75) is 19.6 Å². The Morgan fingerprint density at radius 3 is 2.64 bits per heavy atom. The molecule has 0 spiro atoms. The Labute approximate surface area is 161 Å². The number of aryl methyl sites for hydroxylation is 1. The normalized spacial score (nSPS) is 16.1. The minimum atomic E-state index is -0.789. The Kier molecular flexibility index (Phi) is 3.79. The lowest BCUT2D eigenvalue weighted by molar-refractivity contribution is 0.273. The van der Waals surface area contributed by atoms with Gasteiger partial charge in [0.05, 0.1) is 37.2 Å². The quantitative estimate of drug-likeness (QED) is 0.700. The van der Waals surface area contributed by atoms with Gasteiger partial charge >= 0.3 is 0 Å². The predicted molar refractivity (Wildman–Crippen MR) is 104 cm³/mol. The fourth-order valence-electron chi connectivity index (χ4n) is 3.76. The number of aromatic nitrogens is 3. The van der Waals surface area contributed by atoms with Crippen molar-refractivity contribution in [1.29, 1.82) is 0 Å². The van der Waals surface area contributed by atoms with Gasteiger partial charge in [0, 0.05) is 29.9 Å². The number of hydrogen-bond acceptors (Lipinski definition) is 4. The Bertz CT molecular complexity index is 1110. The zero-order valence-electron chi connectivity index (χ0n) is 15.7. The van der Waals surface area contributed by atoms with E-state index in [-0.39, 0.29) is 5.82 Å². The SMILES string of the molecule is Cc1ncc(-c2cc3c(cc2F)CN=C3c2ccnc(N3CC(F)C3)c2)n1C. The van der Waals surface area contributed by atoms with Crippen molar-refractivity contribution in [3.8, 4) is 11.3 Å². The highest BCUT2D eigenvalue weighted by atomic mass is 19.1. The van der Waals surface area contributed by atoms with Crippen LogP contribution in [0.5, 0.6) is 0 Å². The molecule has 1 aromatic carbocycles. The zero-order chi connectivity index (χ0) is 19.4. The number of nitrogens with zero attached hydrogens (tertiary/aromatic N) is 5. The van der Waals surface area contributed by atoms with Crippen LogP contribution in [-0.2, 0) is 13.6 Å². The number of halogens is 2. The molecular formula is C21H19F2N5. The third-order valence-electron chi connectivity index (χ3n) is 5.53. The third-order valence-corrected chi connectivity index (χ3v) is 5.53. The number of hydrogen-bond donors (Lipinski definition) is 0. The molecular weight excluding hydrogens is 360 g/mol. The Balaban J connectivity index is 1.55. The van der Waals surface area contributed by atoms with E-state index >= 15 is 0 Å². The Morgan fingerprint density at radius 1 is 1.11 bits per heavy atom. The molecule has 0 bridgehead atoms. The highest BCUT2D eigenvalue weighted by molar-refractivity contribution is 6.15. The van der Waals surface area contributed by atoms with Gasteiger partial charge in [0.15, 0.2) is 0 Å². The Morgan fingerprint density at radius 2 is 1.93 bits per heavy atom. The van der Waals surface area contributed by atoms with Gasteiger partial charge in [-0.2, -0.15) is 0 Å². The van der Waals surface area contributed by atoms with Crippen molar-refractivity contribution < 1.29 is 8.78 Å². The van der Waals surface area contributed by atoms with Crippen molar-refractivity contribution in [1.82, 2.24) is 14.5 Å². The summed E-state index contributed by atoms with van der Waals surface area (Å²) >= 11 is 0. The molecule has 4 heterocycles. The number of rotatable bonds is 3.